The molecule has 1 aromatic carbocycles. The first-order chi connectivity index (χ1) is 9.31. The van der Waals surface area contributed by atoms with E-state index in [-0.39, 0.29) is 12.2 Å². The van der Waals surface area contributed by atoms with Crippen molar-refractivity contribution in [2.24, 2.45) is 0 Å². The zero-order chi connectivity index (χ0) is 13.1. The van der Waals surface area contributed by atoms with E-state index in [0.29, 0.717) is 6.42 Å². The van der Waals surface area contributed by atoms with Crippen molar-refractivity contribution in [3.63, 3.8) is 0 Å². The van der Waals surface area contributed by atoms with Crippen molar-refractivity contribution >= 4 is 21.6 Å². The van der Waals surface area contributed by atoms with E-state index < -0.39 is 0 Å². The fourth-order valence-corrected chi connectivity index (χ4v) is 3.63. The van der Waals surface area contributed by atoms with Crippen molar-refractivity contribution < 1.29 is 9.84 Å². The number of nitrogens with zero attached hydrogens (tertiary/aromatic N) is 1. The van der Waals surface area contributed by atoms with Gasteiger partial charge in [0.05, 0.1) is 27.4 Å². The van der Waals surface area contributed by atoms with Crippen molar-refractivity contribution in [2.75, 3.05) is 6.61 Å². The van der Waals surface area contributed by atoms with Crippen LogP contribution >= 0.6 is 11.3 Å². The van der Waals surface area contributed by atoms with Gasteiger partial charge in [-0.25, -0.2) is 4.98 Å². The van der Waals surface area contributed by atoms with Crippen LogP contribution in [0.4, 0.5) is 0 Å². The minimum atomic E-state index is -0.344. The van der Waals surface area contributed by atoms with E-state index in [4.69, 9.17) is 4.74 Å². The maximum atomic E-state index is 10.2. The lowest BCUT2D eigenvalue weighted by molar-refractivity contribution is -0.0147. The highest BCUT2D eigenvalue weighted by Gasteiger charge is 2.19. The van der Waals surface area contributed by atoms with Gasteiger partial charge in [-0.2, -0.15) is 0 Å². The molecule has 1 aliphatic heterocycles. The molecule has 1 aliphatic rings. The predicted molar refractivity (Wildman–Crippen MR) is 77.5 cm³/mol. The smallest absolute Gasteiger partial charge is 0.0964 e. The summed E-state index contributed by atoms with van der Waals surface area (Å²) in [6.07, 6.45) is 4.72. The molecule has 0 aliphatic carbocycles. The number of ether oxygens (including phenoxy) is 1. The highest BCUT2D eigenvalue weighted by atomic mass is 32.1. The molecular weight excluding hydrogens is 258 g/mol. The summed E-state index contributed by atoms with van der Waals surface area (Å²) in [6.45, 7) is 0.846. The quantitative estimate of drug-likeness (QED) is 0.933. The second-order valence-electron chi connectivity index (χ2n) is 5.16. The van der Waals surface area contributed by atoms with Gasteiger partial charge in [0.1, 0.15) is 0 Å². The monoisotopic (exact) mass is 277 g/mol. The van der Waals surface area contributed by atoms with E-state index in [1.165, 1.54) is 11.1 Å². The summed E-state index contributed by atoms with van der Waals surface area (Å²) >= 11 is 1.68. The molecule has 1 N–H and O–H groups in total. The minimum absolute atomic E-state index is 0.234. The molecule has 0 spiro atoms. The Kier molecular flexibility index (Phi) is 4.11. The van der Waals surface area contributed by atoms with Gasteiger partial charge in [-0.05, 0) is 37.8 Å². The predicted octanol–water partition coefficient (Wildman–Crippen LogP) is 3.16. The summed E-state index contributed by atoms with van der Waals surface area (Å²) in [5.74, 6) is 0. The number of aliphatic hydroxyl groups excluding tert-OH is 1. The Morgan fingerprint density at radius 3 is 3.05 bits per heavy atom. The van der Waals surface area contributed by atoms with E-state index in [1.54, 1.807) is 11.3 Å². The maximum absolute atomic E-state index is 10.2. The zero-order valence-electron chi connectivity index (χ0n) is 10.9. The molecule has 2 atom stereocenters. The van der Waals surface area contributed by atoms with E-state index in [0.717, 1.165) is 36.4 Å². The van der Waals surface area contributed by atoms with Gasteiger partial charge in [0.2, 0.25) is 0 Å². The summed E-state index contributed by atoms with van der Waals surface area (Å²) in [6, 6.07) is 8.12. The lowest BCUT2D eigenvalue weighted by Gasteiger charge is -2.24. The second-order valence-corrected chi connectivity index (χ2v) is 6.27. The van der Waals surface area contributed by atoms with Crippen LogP contribution in [0, 0.1) is 0 Å². The standard InChI is InChI=1S/C15H19NO2S/c17-11(9-12-5-3-4-8-18-12)10-15-16-13-6-1-2-7-14(13)19-15/h1-2,6-7,11-12,17H,3-5,8-10H2. The molecule has 1 saturated heterocycles. The van der Waals surface area contributed by atoms with Crippen LogP contribution in [0.3, 0.4) is 0 Å². The topological polar surface area (TPSA) is 42.4 Å². The largest absolute Gasteiger partial charge is 0.393 e. The van der Waals surface area contributed by atoms with Crippen LogP contribution in [0.5, 0.6) is 0 Å². The van der Waals surface area contributed by atoms with Crippen LogP contribution in [0.25, 0.3) is 10.2 Å². The number of benzene rings is 1. The molecule has 0 radical (unpaired) electrons. The van der Waals surface area contributed by atoms with Crippen LogP contribution in [-0.2, 0) is 11.2 Å². The Bertz CT molecular complexity index is 501. The first kappa shape index (κ1) is 13.0. The van der Waals surface area contributed by atoms with Gasteiger partial charge in [-0.3, -0.25) is 0 Å². The fourth-order valence-electron chi connectivity index (χ4n) is 2.59. The normalized spacial score (nSPS) is 21.6. The molecule has 1 fully saturated rings. The average Bonchev–Trinajstić information content (AvgIpc) is 2.81. The van der Waals surface area contributed by atoms with E-state index in [1.807, 2.05) is 18.2 Å². The molecule has 1 aromatic heterocycles. The van der Waals surface area contributed by atoms with Gasteiger partial charge >= 0.3 is 0 Å². The average molecular weight is 277 g/mol. The third-order valence-corrected chi connectivity index (χ3v) is 4.62. The van der Waals surface area contributed by atoms with Crippen molar-refractivity contribution in [1.29, 1.82) is 0 Å². The number of fused-ring (bicyclic) bond motifs is 1. The number of aliphatic hydroxyl groups is 1. The van der Waals surface area contributed by atoms with Crippen molar-refractivity contribution in [1.82, 2.24) is 4.98 Å². The molecule has 102 valence electrons. The number of hydrogen-bond acceptors (Lipinski definition) is 4. The van der Waals surface area contributed by atoms with Crippen molar-refractivity contribution in [2.45, 2.75) is 44.3 Å². The molecule has 0 bridgehead atoms. The molecule has 0 saturated carbocycles. The number of hydrogen-bond donors (Lipinski definition) is 1. The van der Waals surface area contributed by atoms with Crippen LogP contribution in [0.1, 0.15) is 30.7 Å². The summed E-state index contributed by atoms with van der Waals surface area (Å²) in [5.41, 5.74) is 1.03. The van der Waals surface area contributed by atoms with Gasteiger partial charge in [-0.1, -0.05) is 12.1 Å². The first-order valence-electron chi connectivity index (χ1n) is 6.95. The molecular formula is C15H19NO2S. The van der Waals surface area contributed by atoms with Gasteiger partial charge in [-0.15, -0.1) is 11.3 Å². The molecule has 3 rings (SSSR count). The molecule has 3 nitrogen and oxygen atoms in total. The maximum Gasteiger partial charge on any atom is 0.0964 e. The number of para-hydroxylation sites is 1. The molecule has 2 aromatic rings. The van der Waals surface area contributed by atoms with Gasteiger partial charge in [0.15, 0.2) is 0 Å². The Labute approximate surface area is 117 Å². The van der Waals surface area contributed by atoms with E-state index in [9.17, 15) is 5.11 Å². The lowest BCUT2D eigenvalue weighted by atomic mass is 10.0. The van der Waals surface area contributed by atoms with E-state index in [2.05, 4.69) is 11.1 Å². The van der Waals surface area contributed by atoms with Crippen LogP contribution in [0.2, 0.25) is 0 Å². The summed E-state index contributed by atoms with van der Waals surface area (Å²) in [5, 5.41) is 11.2. The minimum Gasteiger partial charge on any atom is -0.393 e. The zero-order valence-corrected chi connectivity index (χ0v) is 11.7. The summed E-state index contributed by atoms with van der Waals surface area (Å²) < 4.78 is 6.86. The van der Waals surface area contributed by atoms with Gasteiger partial charge < -0.3 is 9.84 Å². The molecule has 2 unspecified atom stereocenters. The first-order valence-corrected chi connectivity index (χ1v) is 7.77. The SMILES string of the molecule is OC(Cc1nc2ccccc2s1)CC1CCCCO1. The van der Waals surface area contributed by atoms with Crippen molar-refractivity contribution in [3.8, 4) is 0 Å². The van der Waals surface area contributed by atoms with Crippen molar-refractivity contribution in [3.05, 3.63) is 29.3 Å². The lowest BCUT2D eigenvalue weighted by Crippen LogP contribution is -2.25. The van der Waals surface area contributed by atoms with Gasteiger partial charge in [0, 0.05) is 13.0 Å². The Morgan fingerprint density at radius 2 is 2.26 bits per heavy atom. The third-order valence-electron chi connectivity index (χ3n) is 3.56. The summed E-state index contributed by atoms with van der Waals surface area (Å²) in [4.78, 5) is 4.56. The van der Waals surface area contributed by atoms with Crippen LogP contribution in [0.15, 0.2) is 24.3 Å². The Balaban J connectivity index is 1.60. The van der Waals surface area contributed by atoms with E-state index >= 15 is 0 Å². The number of thiazole rings is 1. The number of aromatic nitrogens is 1. The highest BCUT2D eigenvalue weighted by Crippen LogP contribution is 2.24. The Hall–Kier alpha value is -0.970. The second kappa shape index (κ2) is 5.99. The van der Waals surface area contributed by atoms with Crippen LogP contribution < -0.4 is 0 Å². The molecule has 2 heterocycles. The summed E-state index contributed by atoms with van der Waals surface area (Å²) in [7, 11) is 0. The molecule has 4 heteroatoms. The molecule has 19 heavy (non-hydrogen) atoms. The Morgan fingerprint density at radius 1 is 1.37 bits per heavy atom. The highest BCUT2D eigenvalue weighted by molar-refractivity contribution is 7.18. The number of rotatable bonds is 4. The fraction of sp³-hybridized carbons (Fsp3) is 0.533. The van der Waals surface area contributed by atoms with Gasteiger partial charge in [0.25, 0.3) is 0 Å². The third kappa shape index (κ3) is 3.32. The van der Waals surface area contributed by atoms with Crippen LogP contribution in [-0.4, -0.2) is 28.9 Å². The molecule has 0 amide bonds.